The van der Waals surface area contributed by atoms with Crippen molar-refractivity contribution in [3.05, 3.63) is 15.8 Å². The minimum atomic E-state index is -0.483. The normalized spacial score (nSPS) is 18.2. The molecule has 0 aromatic carbocycles. The van der Waals surface area contributed by atoms with Crippen LogP contribution in [0, 0.1) is 0 Å². The predicted octanol–water partition coefficient (Wildman–Crippen LogP) is 4.51. The Kier molecular flexibility index (Phi) is 4.14. The molecule has 112 valence electrons. The number of hydrogen-bond donors (Lipinski definition) is 1. The molecule has 2 rings (SSSR count). The van der Waals surface area contributed by atoms with Crippen molar-refractivity contribution in [3.8, 4) is 0 Å². The van der Waals surface area contributed by atoms with Crippen molar-refractivity contribution in [2.75, 3.05) is 5.73 Å². The Morgan fingerprint density at radius 2 is 2.00 bits per heavy atom. The van der Waals surface area contributed by atoms with Gasteiger partial charge in [-0.2, -0.15) is 0 Å². The van der Waals surface area contributed by atoms with Crippen LogP contribution in [0.25, 0.3) is 0 Å². The highest BCUT2D eigenvalue weighted by Crippen LogP contribution is 2.47. The lowest BCUT2D eigenvalue weighted by Crippen LogP contribution is -2.23. The van der Waals surface area contributed by atoms with Crippen LogP contribution in [0.1, 0.15) is 74.3 Å². The average molecular weight is 295 g/mol. The Hall–Kier alpha value is -1.03. The van der Waals surface area contributed by atoms with Gasteiger partial charge in [-0.15, -0.1) is 11.3 Å². The first kappa shape index (κ1) is 15.4. The van der Waals surface area contributed by atoms with E-state index in [0.29, 0.717) is 10.6 Å². The molecule has 0 atom stereocenters. The topological polar surface area (TPSA) is 52.3 Å². The largest absolute Gasteiger partial charge is 0.456 e. The minimum Gasteiger partial charge on any atom is -0.456 e. The zero-order valence-electron chi connectivity index (χ0n) is 12.9. The van der Waals surface area contributed by atoms with Gasteiger partial charge in [0.25, 0.3) is 0 Å². The Bertz CT molecular complexity index is 493. The van der Waals surface area contributed by atoms with Crippen molar-refractivity contribution < 1.29 is 9.53 Å². The van der Waals surface area contributed by atoms with Crippen molar-refractivity contribution in [1.29, 1.82) is 0 Å². The standard InChI is InChI=1S/C16H25NO2S/c1-5-16(8-6-7-9-16)12-10-11(17)13(20-12)14(18)19-15(2,3)4/h10H,5-9,17H2,1-4H3. The molecule has 1 fully saturated rings. The van der Waals surface area contributed by atoms with Crippen molar-refractivity contribution >= 4 is 23.0 Å². The maximum atomic E-state index is 12.2. The minimum absolute atomic E-state index is 0.235. The zero-order chi connectivity index (χ0) is 15.0. The molecule has 3 nitrogen and oxygen atoms in total. The van der Waals surface area contributed by atoms with Gasteiger partial charge in [-0.3, -0.25) is 0 Å². The second kappa shape index (κ2) is 5.40. The summed E-state index contributed by atoms with van der Waals surface area (Å²) in [7, 11) is 0. The summed E-state index contributed by atoms with van der Waals surface area (Å²) in [5, 5.41) is 0. The number of nitrogen functional groups attached to an aromatic ring is 1. The molecule has 1 aromatic rings. The van der Waals surface area contributed by atoms with E-state index in [0.717, 1.165) is 6.42 Å². The van der Waals surface area contributed by atoms with E-state index in [1.54, 1.807) is 0 Å². The molecule has 0 saturated heterocycles. The summed E-state index contributed by atoms with van der Waals surface area (Å²) in [5.74, 6) is -0.296. The van der Waals surface area contributed by atoms with E-state index in [1.165, 1.54) is 41.9 Å². The average Bonchev–Trinajstić information content (AvgIpc) is 2.93. The van der Waals surface area contributed by atoms with Gasteiger partial charge in [-0.1, -0.05) is 19.8 Å². The fraction of sp³-hybridized carbons (Fsp3) is 0.688. The number of carbonyl (C=O) groups excluding carboxylic acids is 1. The molecule has 0 radical (unpaired) electrons. The van der Waals surface area contributed by atoms with Crippen LogP contribution in [0.3, 0.4) is 0 Å². The first-order chi connectivity index (χ1) is 9.27. The van der Waals surface area contributed by atoms with E-state index in [9.17, 15) is 4.79 Å². The molecule has 0 aliphatic heterocycles. The predicted molar refractivity (Wildman–Crippen MR) is 84.3 cm³/mol. The molecule has 1 heterocycles. The molecule has 0 bridgehead atoms. The van der Waals surface area contributed by atoms with E-state index in [-0.39, 0.29) is 11.4 Å². The number of thiophene rings is 1. The molecule has 2 N–H and O–H groups in total. The first-order valence-electron chi connectivity index (χ1n) is 7.40. The molecule has 0 amide bonds. The van der Waals surface area contributed by atoms with Crippen LogP contribution >= 0.6 is 11.3 Å². The summed E-state index contributed by atoms with van der Waals surface area (Å²) in [4.78, 5) is 14.0. The molecule has 1 aliphatic rings. The Labute approximate surface area is 125 Å². The highest BCUT2D eigenvalue weighted by atomic mass is 32.1. The van der Waals surface area contributed by atoms with Crippen LogP contribution in [-0.4, -0.2) is 11.6 Å². The Balaban J connectivity index is 2.28. The number of hydrogen-bond acceptors (Lipinski definition) is 4. The highest BCUT2D eigenvalue weighted by Gasteiger charge is 2.36. The summed E-state index contributed by atoms with van der Waals surface area (Å²) < 4.78 is 5.44. The van der Waals surface area contributed by atoms with Gasteiger partial charge in [0, 0.05) is 10.3 Å². The Morgan fingerprint density at radius 1 is 1.40 bits per heavy atom. The van der Waals surface area contributed by atoms with E-state index in [4.69, 9.17) is 10.5 Å². The van der Waals surface area contributed by atoms with Gasteiger partial charge in [0.1, 0.15) is 10.5 Å². The summed E-state index contributed by atoms with van der Waals surface area (Å²) in [6.45, 7) is 7.86. The van der Waals surface area contributed by atoms with Crippen molar-refractivity contribution in [3.63, 3.8) is 0 Å². The molecule has 1 aliphatic carbocycles. The maximum absolute atomic E-state index is 12.2. The molecule has 0 spiro atoms. The number of rotatable bonds is 3. The van der Waals surface area contributed by atoms with Crippen LogP contribution in [0.15, 0.2) is 6.07 Å². The molecular weight excluding hydrogens is 270 g/mol. The third-order valence-corrected chi connectivity index (χ3v) is 5.48. The highest BCUT2D eigenvalue weighted by molar-refractivity contribution is 7.14. The lowest BCUT2D eigenvalue weighted by atomic mass is 9.82. The van der Waals surface area contributed by atoms with Gasteiger partial charge in [0.05, 0.1) is 5.69 Å². The molecule has 20 heavy (non-hydrogen) atoms. The van der Waals surface area contributed by atoms with Crippen molar-refractivity contribution in [2.45, 2.75) is 70.8 Å². The zero-order valence-corrected chi connectivity index (χ0v) is 13.7. The van der Waals surface area contributed by atoms with Crippen molar-refractivity contribution in [2.24, 2.45) is 0 Å². The molecular formula is C16H25NO2S. The fourth-order valence-electron chi connectivity index (χ4n) is 2.98. The number of ether oxygens (including phenoxy) is 1. The fourth-order valence-corrected chi connectivity index (χ4v) is 4.25. The second-order valence-corrected chi connectivity index (χ2v) is 7.79. The van der Waals surface area contributed by atoms with Crippen LogP contribution in [0.2, 0.25) is 0 Å². The second-order valence-electron chi connectivity index (χ2n) is 6.74. The summed E-state index contributed by atoms with van der Waals surface area (Å²) in [6, 6.07) is 2.00. The first-order valence-corrected chi connectivity index (χ1v) is 8.22. The molecule has 4 heteroatoms. The number of carbonyl (C=O) groups is 1. The molecule has 1 saturated carbocycles. The summed E-state index contributed by atoms with van der Waals surface area (Å²) >= 11 is 1.53. The summed E-state index contributed by atoms with van der Waals surface area (Å²) in [5.41, 5.74) is 6.37. The van der Waals surface area contributed by atoms with Gasteiger partial charge in [0.2, 0.25) is 0 Å². The summed E-state index contributed by atoms with van der Waals surface area (Å²) in [6.07, 6.45) is 6.07. The van der Waals surface area contributed by atoms with E-state index >= 15 is 0 Å². The lowest BCUT2D eigenvalue weighted by Gasteiger charge is -2.25. The maximum Gasteiger partial charge on any atom is 0.350 e. The van der Waals surface area contributed by atoms with E-state index in [1.807, 2.05) is 26.8 Å². The van der Waals surface area contributed by atoms with Crippen LogP contribution in [0.4, 0.5) is 5.69 Å². The van der Waals surface area contributed by atoms with Crippen LogP contribution in [-0.2, 0) is 10.2 Å². The molecule has 1 aromatic heterocycles. The van der Waals surface area contributed by atoms with Crippen LogP contribution < -0.4 is 5.73 Å². The third kappa shape index (κ3) is 3.00. The monoisotopic (exact) mass is 295 g/mol. The van der Waals surface area contributed by atoms with Crippen molar-refractivity contribution in [1.82, 2.24) is 0 Å². The third-order valence-electron chi connectivity index (χ3n) is 4.11. The van der Waals surface area contributed by atoms with Gasteiger partial charge >= 0.3 is 5.97 Å². The quantitative estimate of drug-likeness (QED) is 0.835. The SMILES string of the molecule is CCC1(c2cc(N)c(C(=O)OC(C)(C)C)s2)CCCC1. The lowest BCUT2D eigenvalue weighted by molar-refractivity contribution is 0.00764. The van der Waals surface area contributed by atoms with E-state index < -0.39 is 5.60 Å². The van der Waals surface area contributed by atoms with Gasteiger partial charge in [-0.25, -0.2) is 4.79 Å². The van der Waals surface area contributed by atoms with Crippen LogP contribution in [0.5, 0.6) is 0 Å². The van der Waals surface area contributed by atoms with Gasteiger partial charge in [-0.05, 0) is 46.1 Å². The van der Waals surface area contributed by atoms with E-state index in [2.05, 4.69) is 6.92 Å². The number of anilines is 1. The smallest absolute Gasteiger partial charge is 0.350 e. The Morgan fingerprint density at radius 3 is 2.50 bits per heavy atom. The molecule has 0 unspecified atom stereocenters. The van der Waals surface area contributed by atoms with Gasteiger partial charge in [0.15, 0.2) is 0 Å². The number of nitrogens with two attached hydrogens (primary N) is 1. The van der Waals surface area contributed by atoms with Gasteiger partial charge < -0.3 is 10.5 Å². The number of esters is 1.